The van der Waals surface area contributed by atoms with Crippen molar-refractivity contribution in [1.82, 2.24) is 15.1 Å². The van der Waals surface area contributed by atoms with Crippen LogP contribution in [0.5, 0.6) is 0 Å². The van der Waals surface area contributed by atoms with Crippen LogP contribution >= 0.6 is 11.8 Å². The Balaban J connectivity index is 1.70. The predicted molar refractivity (Wildman–Crippen MR) is 99.9 cm³/mol. The van der Waals surface area contributed by atoms with Gasteiger partial charge in [0.15, 0.2) is 5.69 Å². The van der Waals surface area contributed by atoms with E-state index in [1.165, 1.54) is 10.7 Å². The summed E-state index contributed by atoms with van der Waals surface area (Å²) in [4.78, 5) is 24.8. The number of fused-ring (bicyclic) bond motifs is 1. The molecule has 2 aliphatic rings. The number of carboxylic acids is 1. The van der Waals surface area contributed by atoms with Crippen molar-refractivity contribution in [3.63, 3.8) is 0 Å². The molecule has 1 aliphatic carbocycles. The van der Waals surface area contributed by atoms with Crippen LogP contribution in [0.2, 0.25) is 0 Å². The summed E-state index contributed by atoms with van der Waals surface area (Å²) in [6, 6.07) is 6.31. The number of hydrogen-bond donors (Lipinski definition) is 2. The number of benzene rings is 1. The van der Waals surface area contributed by atoms with Gasteiger partial charge in [-0.25, -0.2) is 13.9 Å². The molecule has 27 heavy (non-hydrogen) atoms. The van der Waals surface area contributed by atoms with Gasteiger partial charge in [0.2, 0.25) is 0 Å². The van der Waals surface area contributed by atoms with Gasteiger partial charge < -0.3 is 10.4 Å². The van der Waals surface area contributed by atoms with Crippen molar-refractivity contribution in [3.05, 3.63) is 47.0 Å². The SMILES string of the molecule is O=C(NC1(C(=O)O)CCSCC1)c1nn(-c2ccccc2F)c2c1CCC2. The van der Waals surface area contributed by atoms with Crippen LogP contribution in [0.1, 0.15) is 41.0 Å². The molecule has 1 aromatic carbocycles. The van der Waals surface area contributed by atoms with Gasteiger partial charge in [-0.3, -0.25) is 4.79 Å². The number of aromatic nitrogens is 2. The predicted octanol–water partition coefficient (Wildman–Crippen LogP) is 2.58. The number of aliphatic carboxylic acids is 1. The summed E-state index contributed by atoms with van der Waals surface area (Å²) >= 11 is 1.68. The normalized spacial score (nSPS) is 18.1. The number of nitrogens with zero attached hydrogens (tertiary/aromatic N) is 2. The zero-order chi connectivity index (χ0) is 19.0. The standard InChI is InChI=1S/C19H20FN3O3S/c20-13-5-1-2-6-15(13)23-14-7-3-4-12(14)16(22-23)17(24)21-19(18(25)26)8-10-27-11-9-19/h1-2,5-6H,3-4,7-11H2,(H,21,24)(H,25,26). The summed E-state index contributed by atoms with van der Waals surface area (Å²) in [6.07, 6.45) is 3.03. The van der Waals surface area contributed by atoms with Crippen LogP contribution in [-0.2, 0) is 17.6 Å². The Kier molecular flexibility index (Phi) is 4.67. The molecule has 2 N–H and O–H groups in total. The van der Waals surface area contributed by atoms with E-state index in [2.05, 4.69) is 10.4 Å². The molecule has 4 rings (SSSR count). The third kappa shape index (κ3) is 3.12. The van der Waals surface area contributed by atoms with E-state index in [4.69, 9.17) is 0 Å². The molecule has 1 aliphatic heterocycles. The average Bonchev–Trinajstić information content (AvgIpc) is 3.25. The monoisotopic (exact) mass is 389 g/mol. The van der Waals surface area contributed by atoms with Gasteiger partial charge in [0.1, 0.15) is 17.0 Å². The highest BCUT2D eigenvalue weighted by atomic mass is 32.2. The Morgan fingerprint density at radius 1 is 1.22 bits per heavy atom. The maximum absolute atomic E-state index is 14.3. The first kappa shape index (κ1) is 18.0. The van der Waals surface area contributed by atoms with Crippen molar-refractivity contribution in [1.29, 1.82) is 0 Å². The van der Waals surface area contributed by atoms with Gasteiger partial charge in [0.05, 0.1) is 0 Å². The van der Waals surface area contributed by atoms with Crippen LogP contribution in [0.4, 0.5) is 4.39 Å². The van der Waals surface area contributed by atoms with Crippen LogP contribution in [0.15, 0.2) is 24.3 Å². The molecule has 0 radical (unpaired) electrons. The van der Waals surface area contributed by atoms with Crippen molar-refractivity contribution in [3.8, 4) is 5.69 Å². The van der Waals surface area contributed by atoms with Crippen LogP contribution in [-0.4, -0.2) is 43.8 Å². The van der Waals surface area contributed by atoms with Crippen LogP contribution < -0.4 is 5.32 Å². The second-order valence-corrected chi connectivity index (χ2v) is 8.17. The van der Waals surface area contributed by atoms with Gasteiger partial charge in [-0.1, -0.05) is 12.1 Å². The van der Waals surface area contributed by atoms with E-state index < -0.39 is 23.2 Å². The molecule has 0 saturated carbocycles. The van der Waals surface area contributed by atoms with Crippen molar-refractivity contribution >= 4 is 23.6 Å². The first-order valence-corrected chi connectivity index (χ1v) is 10.2. The minimum Gasteiger partial charge on any atom is -0.480 e. The molecule has 0 spiro atoms. The molecule has 6 nitrogen and oxygen atoms in total. The first-order chi connectivity index (χ1) is 13.0. The molecule has 2 aromatic rings. The smallest absolute Gasteiger partial charge is 0.329 e. The van der Waals surface area contributed by atoms with Crippen molar-refractivity contribution in [2.75, 3.05) is 11.5 Å². The zero-order valence-corrected chi connectivity index (χ0v) is 15.5. The molecule has 8 heteroatoms. The number of carbonyl (C=O) groups is 2. The van der Waals surface area contributed by atoms with E-state index >= 15 is 0 Å². The molecule has 2 heterocycles. The minimum absolute atomic E-state index is 0.213. The highest BCUT2D eigenvalue weighted by Gasteiger charge is 2.42. The molecule has 1 amide bonds. The lowest BCUT2D eigenvalue weighted by Gasteiger charge is -2.33. The summed E-state index contributed by atoms with van der Waals surface area (Å²) < 4.78 is 15.7. The molecular weight excluding hydrogens is 369 g/mol. The molecule has 142 valence electrons. The van der Waals surface area contributed by atoms with Crippen LogP contribution in [0.25, 0.3) is 5.69 Å². The summed E-state index contributed by atoms with van der Waals surface area (Å²) in [5, 5.41) is 16.8. The number of carbonyl (C=O) groups excluding carboxylic acids is 1. The van der Waals surface area contributed by atoms with E-state index in [9.17, 15) is 19.1 Å². The zero-order valence-electron chi connectivity index (χ0n) is 14.7. The summed E-state index contributed by atoms with van der Waals surface area (Å²) in [5.41, 5.74) is 0.881. The Hall–Kier alpha value is -2.35. The molecular formula is C19H20FN3O3S. The Morgan fingerprint density at radius 3 is 2.67 bits per heavy atom. The fourth-order valence-electron chi connectivity index (χ4n) is 3.83. The van der Waals surface area contributed by atoms with E-state index in [0.717, 1.165) is 17.7 Å². The number of amides is 1. The number of halogens is 1. The van der Waals surface area contributed by atoms with E-state index in [-0.39, 0.29) is 5.69 Å². The highest BCUT2D eigenvalue weighted by Crippen LogP contribution is 2.31. The number of thioether (sulfide) groups is 1. The lowest BCUT2D eigenvalue weighted by atomic mass is 9.92. The first-order valence-electron chi connectivity index (χ1n) is 9.01. The summed E-state index contributed by atoms with van der Waals surface area (Å²) in [7, 11) is 0. The Bertz CT molecular complexity index is 906. The van der Waals surface area contributed by atoms with E-state index in [1.807, 2.05) is 0 Å². The number of rotatable bonds is 4. The molecule has 0 bridgehead atoms. The van der Waals surface area contributed by atoms with Gasteiger partial charge in [0.25, 0.3) is 5.91 Å². The van der Waals surface area contributed by atoms with Crippen LogP contribution in [0.3, 0.4) is 0 Å². The van der Waals surface area contributed by atoms with Crippen molar-refractivity contribution < 1.29 is 19.1 Å². The highest BCUT2D eigenvalue weighted by molar-refractivity contribution is 7.99. The quantitative estimate of drug-likeness (QED) is 0.840. The Morgan fingerprint density at radius 2 is 1.96 bits per heavy atom. The third-order valence-corrected chi connectivity index (χ3v) is 6.32. The lowest BCUT2D eigenvalue weighted by molar-refractivity contribution is -0.144. The number of para-hydroxylation sites is 1. The fraction of sp³-hybridized carbons (Fsp3) is 0.421. The van der Waals surface area contributed by atoms with Gasteiger partial charge in [0, 0.05) is 11.3 Å². The molecule has 1 fully saturated rings. The second-order valence-electron chi connectivity index (χ2n) is 6.94. The maximum atomic E-state index is 14.3. The van der Waals surface area contributed by atoms with E-state index in [1.54, 1.807) is 30.0 Å². The van der Waals surface area contributed by atoms with Gasteiger partial charge >= 0.3 is 5.97 Å². The summed E-state index contributed by atoms with van der Waals surface area (Å²) in [5.74, 6) is -0.533. The Labute approximate surface area is 160 Å². The minimum atomic E-state index is -1.25. The van der Waals surface area contributed by atoms with E-state index in [0.29, 0.717) is 42.9 Å². The average molecular weight is 389 g/mol. The fourth-order valence-corrected chi connectivity index (χ4v) is 5.02. The number of carboxylic acid groups (broad SMARTS) is 1. The summed E-state index contributed by atoms with van der Waals surface area (Å²) in [6.45, 7) is 0. The molecule has 0 atom stereocenters. The molecule has 1 saturated heterocycles. The molecule has 0 unspecified atom stereocenters. The third-order valence-electron chi connectivity index (χ3n) is 5.33. The van der Waals surface area contributed by atoms with Gasteiger partial charge in [-0.2, -0.15) is 16.9 Å². The van der Waals surface area contributed by atoms with Crippen LogP contribution in [0, 0.1) is 5.82 Å². The largest absolute Gasteiger partial charge is 0.480 e. The second kappa shape index (κ2) is 6.99. The van der Waals surface area contributed by atoms with Gasteiger partial charge in [-0.15, -0.1) is 0 Å². The number of hydrogen-bond acceptors (Lipinski definition) is 4. The molecule has 1 aromatic heterocycles. The van der Waals surface area contributed by atoms with Crippen molar-refractivity contribution in [2.45, 2.75) is 37.6 Å². The van der Waals surface area contributed by atoms with Gasteiger partial charge in [-0.05, 0) is 55.7 Å². The lowest BCUT2D eigenvalue weighted by Crippen LogP contribution is -2.56. The number of nitrogens with one attached hydrogen (secondary N) is 1. The topological polar surface area (TPSA) is 84.2 Å². The van der Waals surface area contributed by atoms with Crippen molar-refractivity contribution in [2.24, 2.45) is 0 Å². The maximum Gasteiger partial charge on any atom is 0.329 e.